The van der Waals surface area contributed by atoms with Crippen molar-refractivity contribution in [3.05, 3.63) is 52.1 Å². The molecular formula is C17H21N3S. The van der Waals surface area contributed by atoms with Crippen LogP contribution >= 0.6 is 11.3 Å². The number of benzene rings is 1. The Morgan fingerprint density at radius 1 is 1.29 bits per heavy atom. The summed E-state index contributed by atoms with van der Waals surface area (Å²) in [5, 5.41) is 7.96. The van der Waals surface area contributed by atoms with Crippen molar-refractivity contribution in [3.8, 4) is 0 Å². The van der Waals surface area contributed by atoms with Gasteiger partial charge < -0.3 is 9.88 Å². The van der Waals surface area contributed by atoms with Crippen LogP contribution < -0.4 is 5.32 Å². The van der Waals surface area contributed by atoms with Gasteiger partial charge in [0.25, 0.3) is 0 Å². The minimum atomic E-state index is 0.507. The molecule has 0 spiro atoms. The van der Waals surface area contributed by atoms with Crippen LogP contribution in [0.1, 0.15) is 36.0 Å². The molecule has 1 aromatic carbocycles. The zero-order chi connectivity index (χ0) is 14.8. The van der Waals surface area contributed by atoms with Gasteiger partial charge in [0.1, 0.15) is 0 Å². The lowest BCUT2D eigenvalue weighted by Crippen LogP contribution is -2.05. The van der Waals surface area contributed by atoms with Gasteiger partial charge in [-0.1, -0.05) is 26.0 Å². The third-order valence-corrected chi connectivity index (χ3v) is 4.86. The second-order valence-electron chi connectivity index (χ2n) is 5.66. The molecule has 2 heterocycles. The highest BCUT2D eigenvalue weighted by Gasteiger charge is 2.09. The number of hydrogen-bond donors (Lipinski definition) is 1. The summed E-state index contributed by atoms with van der Waals surface area (Å²) in [6.45, 7) is 6.13. The van der Waals surface area contributed by atoms with Crippen LogP contribution in [0.3, 0.4) is 0 Å². The first-order valence-corrected chi connectivity index (χ1v) is 8.22. The summed E-state index contributed by atoms with van der Waals surface area (Å²) >= 11 is 1.76. The Morgan fingerprint density at radius 3 is 2.86 bits per heavy atom. The van der Waals surface area contributed by atoms with Crippen molar-refractivity contribution in [1.82, 2.24) is 14.9 Å². The van der Waals surface area contributed by atoms with E-state index in [-0.39, 0.29) is 0 Å². The molecule has 4 heteroatoms. The van der Waals surface area contributed by atoms with E-state index in [9.17, 15) is 0 Å². The van der Waals surface area contributed by atoms with Crippen molar-refractivity contribution < 1.29 is 0 Å². The van der Waals surface area contributed by atoms with Crippen LogP contribution in [0.25, 0.3) is 10.9 Å². The normalized spacial score (nSPS) is 11.6. The van der Waals surface area contributed by atoms with Crippen LogP contribution in [-0.2, 0) is 13.1 Å². The summed E-state index contributed by atoms with van der Waals surface area (Å²) in [7, 11) is 1.98. The van der Waals surface area contributed by atoms with Crippen LogP contribution in [-0.4, -0.2) is 16.6 Å². The second kappa shape index (κ2) is 6.00. The minimum absolute atomic E-state index is 0.507. The molecule has 0 bridgehead atoms. The Bertz CT molecular complexity index is 739. The van der Waals surface area contributed by atoms with Crippen molar-refractivity contribution in [1.29, 1.82) is 0 Å². The Balaban J connectivity index is 1.92. The highest BCUT2D eigenvalue weighted by Crippen LogP contribution is 2.23. The fourth-order valence-corrected chi connectivity index (χ4v) is 3.43. The van der Waals surface area contributed by atoms with E-state index < -0.39 is 0 Å². The third kappa shape index (κ3) is 2.87. The maximum absolute atomic E-state index is 4.74. The zero-order valence-corrected chi connectivity index (χ0v) is 13.6. The highest BCUT2D eigenvalue weighted by molar-refractivity contribution is 7.09. The van der Waals surface area contributed by atoms with Crippen LogP contribution in [0.2, 0.25) is 0 Å². The molecule has 0 unspecified atom stereocenters. The lowest BCUT2D eigenvalue weighted by atomic mass is 10.1. The van der Waals surface area contributed by atoms with E-state index >= 15 is 0 Å². The maximum Gasteiger partial charge on any atom is 0.0954 e. The van der Waals surface area contributed by atoms with Gasteiger partial charge >= 0.3 is 0 Å². The van der Waals surface area contributed by atoms with Gasteiger partial charge in [0.05, 0.1) is 17.2 Å². The molecular weight excluding hydrogens is 278 g/mol. The summed E-state index contributed by atoms with van der Waals surface area (Å²) in [4.78, 5) is 4.74. The van der Waals surface area contributed by atoms with E-state index in [4.69, 9.17) is 4.98 Å². The number of nitrogens with zero attached hydrogens (tertiary/aromatic N) is 2. The number of aromatic nitrogens is 2. The molecule has 0 fully saturated rings. The van der Waals surface area contributed by atoms with Crippen LogP contribution in [0.4, 0.5) is 0 Å². The van der Waals surface area contributed by atoms with Gasteiger partial charge in [-0.3, -0.25) is 0 Å². The molecule has 3 nitrogen and oxygen atoms in total. The highest BCUT2D eigenvalue weighted by atomic mass is 32.1. The van der Waals surface area contributed by atoms with Crippen molar-refractivity contribution in [2.45, 2.75) is 32.9 Å². The summed E-state index contributed by atoms with van der Waals surface area (Å²) in [5.41, 5.74) is 3.77. The average Bonchev–Trinajstić information content (AvgIpc) is 3.08. The molecule has 3 rings (SSSR count). The summed E-state index contributed by atoms with van der Waals surface area (Å²) in [6, 6.07) is 8.71. The lowest BCUT2D eigenvalue weighted by molar-refractivity contribution is 0.787. The van der Waals surface area contributed by atoms with E-state index in [0.29, 0.717) is 5.92 Å². The van der Waals surface area contributed by atoms with E-state index in [1.54, 1.807) is 11.3 Å². The first-order valence-electron chi connectivity index (χ1n) is 7.34. The number of thiazole rings is 1. The lowest BCUT2D eigenvalue weighted by Gasteiger charge is -2.06. The summed E-state index contributed by atoms with van der Waals surface area (Å²) < 4.78 is 2.29. The molecule has 0 amide bonds. The molecule has 0 aliphatic rings. The summed E-state index contributed by atoms with van der Waals surface area (Å²) in [5.74, 6) is 0.507. The Morgan fingerprint density at radius 2 is 2.14 bits per heavy atom. The van der Waals surface area contributed by atoms with Gasteiger partial charge in [0, 0.05) is 34.9 Å². The van der Waals surface area contributed by atoms with Crippen LogP contribution in [0, 0.1) is 0 Å². The fraction of sp³-hybridized carbons (Fsp3) is 0.353. The SMILES string of the molecule is CNCc1cccc2c1ccn2Cc1csc(C(C)C)n1. The molecule has 3 aromatic rings. The molecule has 0 aliphatic carbocycles. The number of fused-ring (bicyclic) bond motifs is 1. The molecule has 0 aliphatic heterocycles. The van der Waals surface area contributed by atoms with Crippen molar-refractivity contribution in [2.24, 2.45) is 0 Å². The fourth-order valence-electron chi connectivity index (χ4n) is 2.60. The average molecular weight is 299 g/mol. The van der Waals surface area contributed by atoms with Gasteiger partial charge in [-0.25, -0.2) is 4.98 Å². The predicted octanol–water partition coefficient (Wildman–Crippen LogP) is 3.99. The number of hydrogen-bond acceptors (Lipinski definition) is 3. The molecule has 110 valence electrons. The zero-order valence-electron chi connectivity index (χ0n) is 12.8. The molecule has 2 aromatic heterocycles. The molecule has 0 saturated heterocycles. The van der Waals surface area contributed by atoms with E-state index in [1.807, 2.05) is 7.05 Å². The number of rotatable bonds is 5. The van der Waals surface area contributed by atoms with Gasteiger partial charge in [0.2, 0.25) is 0 Å². The quantitative estimate of drug-likeness (QED) is 0.772. The van der Waals surface area contributed by atoms with Crippen LogP contribution in [0.5, 0.6) is 0 Å². The van der Waals surface area contributed by atoms with Crippen molar-refractivity contribution in [3.63, 3.8) is 0 Å². The predicted molar refractivity (Wildman–Crippen MR) is 90.0 cm³/mol. The Kier molecular flexibility index (Phi) is 4.08. The van der Waals surface area contributed by atoms with E-state index in [1.165, 1.54) is 21.5 Å². The van der Waals surface area contributed by atoms with E-state index in [0.717, 1.165) is 18.8 Å². The molecule has 21 heavy (non-hydrogen) atoms. The maximum atomic E-state index is 4.74. The summed E-state index contributed by atoms with van der Waals surface area (Å²) in [6.07, 6.45) is 2.16. The van der Waals surface area contributed by atoms with Crippen molar-refractivity contribution in [2.75, 3.05) is 7.05 Å². The standard InChI is InChI=1S/C17H21N3S/c1-12(2)17-19-14(11-21-17)10-20-8-7-15-13(9-18-3)5-4-6-16(15)20/h4-8,11-12,18H,9-10H2,1-3H3. The van der Waals surface area contributed by atoms with Gasteiger partial charge in [-0.2, -0.15) is 0 Å². The molecule has 0 radical (unpaired) electrons. The van der Waals surface area contributed by atoms with Crippen molar-refractivity contribution >= 4 is 22.2 Å². The smallest absolute Gasteiger partial charge is 0.0954 e. The second-order valence-corrected chi connectivity index (χ2v) is 6.55. The van der Waals surface area contributed by atoms with E-state index in [2.05, 4.69) is 59.6 Å². The molecule has 0 saturated carbocycles. The number of nitrogens with one attached hydrogen (secondary N) is 1. The first kappa shape index (κ1) is 14.3. The Labute approximate surface area is 129 Å². The largest absolute Gasteiger partial charge is 0.341 e. The third-order valence-electron chi connectivity index (χ3n) is 3.67. The van der Waals surface area contributed by atoms with Gasteiger partial charge in [-0.05, 0) is 24.7 Å². The molecule has 0 atom stereocenters. The monoisotopic (exact) mass is 299 g/mol. The van der Waals surface area contributed by atoms with Gasteiger partial charge in [0.15, 0.2) is 0 Å². The Hall–Kier alpha value is -1.65. The molecule has 1 N–H and O–H groups in total. The van der Waals surface area contributed by atoms with Crippen LogP contribution in [0.15, 0.2) is 35.8 Å². The topological polar surface area (TPSA) is 29.9 Å². The first-order chi connectivity index (χ1) is 10.2. The minimum Gasteiger partial charge on any atom is -0.341 e. The van der Waals surface area contributed by atoms with Gasteiger partial charge in [-0.15, -0.1) is 11.3 Å².